The van der Waals surface area contributed by atoms with E-state index >= 15 is 0 Å². The number of nitrogens with one attached hydrogen (secondary N) is 1. The molecule has 0 saturated heterocycles. The van der Waals surface area contributed by atoms with E-state index in [4.69, 9.17) is 0 Å². The maximum atomic E-state index is 3.19. The molecule has 0 rings (SSSR count). The van der Waals surface area contributed by atoms with Gasteiger partial charge in [-0.25, -0.2) is 0 Å². The summed E-state index contributed by atoms with van der Waals surface area (Å²) in [4.78, 5) is 0. The van der Waals surface area contributed by atoms with Gasteiger partial charge in [0.1, 0.15) is 0 Å². The Hall–Kier alpha value is -0.0400. The average molecular weight is 185 g/mol. The number of hydrogen-bond donors (Lipinski definition) is 1. The molecular weight excluding hydrogens is 158 g/mol. The number of hydrogen-bond acceptors (Lipinski definition) is 1. The summed E-state index contributed by atoms with van der Waals surface area (Å²) in [5, 5.41) is 3.19. The molecule has 13 heavy (non-hydrogen) atoms. The zero-order chi connectivity index (χ0) is 10.1. The van der Waals surface area contributed by atoms with E-state index in [9.17, 15) is 0 Å². The Morgan fingerprint density at radius 3 is 2.31 bits per heavy atom. The van der Waals surface area contributed by atoms with Gasteiger partial charge in [-0.15, -0.1) is 0 Å². The second-order valence-electron chi connectivity index (χ2n) is 4.45. The van der Waals surface area contributed by atoms with Crippen LogP contribution in [0.4, 0.5) is 0 Å². The standard InChI is InChI=1S/C12H27N/c1-5-11(2)10-12(3)8-6-7-9-13-4/h11-13H,5-10H2,1-4H3. The van der Waals surface area contributed by atoms with Crippen molar-refractivity contribution >= 4 is 0 Å². The Labute approximate surface area is 84.3 Å². The molecule has 1 nitrogen and oxygen atoms in total. The van der Waals surface area contributed by atoms with Gasteiger partial charge in [0.05, 0.1) is 0 Å². The molecule has 2 unspecified atom stereocenters. The smallest absolute Gasteiger partial charge is 0.00519 e. The number of unbranched alkanes of at least 4 members (excludes halogenated alkanes) is 1. The lowest BCUT2D eigenvalue weighted by molar-refractivity contribution is 0.376. The summed E-state index contributed by atoms with van der Waals surface area (Å²) in [6.45, 7) is 8.23. The Morgan fingerprint density at radius 1 is 1.08 bits per heavy atom. The molecule has 0 heterocycles. The molecule has 0 aliphatic rings. The van der Waals surface area contributed by atoms with Crippen molar-refractivity contribution in [1.29, 1.82) is 0 Å². The third-order valence-corrected chi connectivity index (χ3v) is 2.88. The minimum Gasteiger partial charge on any atom is -0.320 e. The van der Waals surface area contributed by atoms with Crippen LogP contribution >= 0.6 is 0 Å². The minimum absolute atomic E-state index is 0.916. The predicted octanol–water partition coefficient (Wildman–Crippen LogP) is 3.45. The van der Waals surface area contributed by atoms with Crippen LogP contribution in [0.15, 0.2) is 0 Å². The molecule has 0 amide bonds. The normalized spacial score (nSPS) is 15.7. The highest BCUT2D eigenvalue weighted by Gasteiger charge is 2.06. The summed E-state index contributed by atoms with van der Waals surface area (Å²) in [6.07, 6.45) is 6.88. The maximum absolute atomic E-state index is 3.19. The van der Waals surface area contributed by atoms with E-state index in [1.54, 1.807) is 0 Å². The molecule has 0 spiro atoms. The quantitative estimate of drug-likeness (QED) is 0.571. The van der Waals surface area contributed by atoms with Crippen LogP contribution in [0.3, 0.4) is 0 Å². The van der Waals surface area contributed by atoms with Crippen molar-refractivity contribution in [2.45, 2.75) is 52.9 Å². The van der Waals surface area contributed by atoms with Gasteiger partial charge in [-0.2, -0.15) is 0 Å². The third kappa shape index (κ3) is 8.29. The second kappa shape index (κ2) is 8.55. The summed E-state index contributed by atoms with van der Waals surface area (Å²) >= 11 is 0. The van der Waals surface area contributed by atoms with Crippen molar-refractivity contribution < 1.29 is 0 Å². The molecule has 0 aliphatic carbocycles. The van der Waals surface area contributed by atoms with Crippen LogP contribution in [0.25, 0.3) is 0 Å². The van der Waals surface area contributed by atoms with Gasteiger partial charge in [0.25, 0.3) is 0 Å². The van der Waals surface area contributed by atoms with Gasteiger partial charge < -0.3 is 5.32 Å². The largest absolute Gasteiger partial charge is 0.320 e. The first kappa shape index (κ1) is 13.0. The fraction of sp³-hybridized carbons (Fsp3) is 1.00. The van der Waals surface area contributed by atoms with Crippen molar-refractivity contribution in [2.75, 3.05) is 13.6 Å². The van der Waals surface area contributed by atoms with Crippen LogP contribution in [-0.2, 0) is 0 Å². The molecule has 0 saturated carbocycles. The molecule has 0 aromatic rings. The summed E-state index contributed by atoms with van der Waals surface area (Å²) in [5.74, 6) is 1.84. The molecule has 0 aliphatic heterocycles. The van der Waals surface area contributed by atoms with Gasteiger partial charge in [0, 0.05) is 0 Å². The lowest BCUT2D eigenvalue weighted by atomic mass is 9.92. The van der Waals surface area contributed by atoms with Crippen LogP contribution in [0.2, 0.25) is 0 Å². The van der Waals surface area contributed by atoms with Crippen molar-refractivity contribution in [3.63, 3.8) is 0 Å². The van der Waals surface area contributed by atoms with E-state index in [0.29, 0.717) is 0 Å². The van der Waals surface area contributed by atoms with Gasteiger partial charge in [-0.3, -0.25) is 0 Å². The minimum atomic E-state index is 0.916. The molecule has 80 valence electrons. The van der Waals surface area contributed by atoms with Gasteiger partial charge >= 0.3 is 0 Å². The lowest BCUT2D eigenvalue weighted by Gasteiger charge is -2.15. The first-order valence-electron chi connectivity index (χ1n) is 5.85. The van der Waals surface area contributed by atoms with E-state index < -0.39 is 0 Å². The van der Waals surface area contributed by atoms with Gasteiger partial charge in [0.2, 0.25) is 0 Å². The molecule has 0 aromatic heterocycles. The van der Waals surface area contributed by atoms with Crippen LogP contribution in [-0.4, -0.2) is 13.6 Å². The predicted molar refractivity (Wildman–Crippen MR) is 61.0 cm³/mol. The highest BCUT2D eigenvalue weighted by atomic mass is 14.8. The van der Waals surface area contributed by atoms with Crippen LogP contribution in [0, 0.1) is 11.8 Å². The topological polar surface area (TPSA) is 12.0 Å². The highest BCUT2D eigenvalue weighted by molar-refractivity contribution is 4.59. The van der Waals surface area contributed by atoms with Gasteiger partial charge in [0.15, 0.2) is 0 Å². The molecule has 0 radical (unpaired) electrons. The summed E-state index contributed by atoms with van der Waals surface area (Å²) in [7, 11) is 2.03. The first-order chi connectivity index (χ1) is 6.20. The lowest BCUT2D eigenvalue weighted by Crippen LogP contribution is -2.08. The van der Waals surface area contributed by atoms with E-state index in [0.717, 1.165) is 11.8 Å². The molecule has 0 aromatic carbocycles. The van der Waals surface area contributed by atoms with Gasteiger partial charge in [-0.05, 0) is 38.3 Å². The molecule has 2 atom stereocenters. The monoisotopic (exact) mass is 185 g/mol. The zero-order valence-electron chi connectivity index (χ0n) is 9.90. The van der Waals surface area contributed by atoms with Crippen molar-refractivity contribution in [2.24, 2.45) is 11.8 Å². The van der Waals surface area contributed by atoms with E-state index in [1.807, 2.05) is 7.05 Å². The Bertz CT molecular complexity index is 101. The molecular formula is C12H27N. The van der Waals surface area contributed by atoms with E-state index in [-0.39, 0.29) is 0 Å². The average Bonchev–Trinajstić information content (AvgIpc) is 2.12. The molecule has 1 N–H and O–H groups in total. The summed E-state index contributed by atoms with van der Waals surface area (Å²) < 4.78 is 0. The third-order valence-electron chi connectivity index (χ3n) is 2.88. The Kier molecular flexibility index (Phi) is 8.53. The first-order valence-corrected chi connectivity index (χ1v) is 5.85. The van der Waals surface area contributed by atoms with Crippen molar-refractivity contribution in [1.82, 2.24) is 5.32 Å². The Morgan fingerprint density at radius 2 is 1.77 bits per heavy atom. The van der Waals surface area contributed by atoms with Crippen LogP contribution in [0.1, 0.15) is 52.9 Å². The zero-order valence-corrected chi connectivity index (χ0v) is 9.90. The van der Waals surface area contributed by atoms with E-state index in [1.165, 1.54) is 38.6 Å². The summed E-state index contributed by atoms with van der Waals surface area (Å²) in [6, 6.07) is 0. The fourth-order valence-electron chi connectivity index (χ4n) is 1.77. The number of rotatable bonds is 8. The van der Waals surface area contributed by atoms with Crippen molar-refractivity contribution in [3.05, 3.63) is 0 Å². The molecule has 1 heteroatoms. The Balaban J connectivity index is 3.24. The summed E-state index contributed by atoms with van der Waals surface area (Å²) in [5.41, 5.74) is 0. The van der Waals surface area contributed by atoms with Crippen molar-refractivity contribution in [3.8, 4) is 0 Å². The molecule has 0 fully saturated rings. The molecule has 0 bridgehead atoms. The van der Waals surface area contributed by atoms with Crippen LogP contribution < -0.4 is 5.32 Å². The second-order valence-corrected chi connectivity index (χ2v) is 4.45. The van der Waals surface area contributed by atoms with Gasteiger partial charge in [-0.1, -0.05) is 40.0 Å². The van der Waals surface area contributed by atoms with Crippen LogP contribution in [0.5, 0.6) is 0 Å². The highest BCUT2D eigenvalue weighted by Crippen LogP contribution is 2.19. The fourth-order valence-corrected chi connectivity index (χ4v) is 1.77. The SMILES string of the molecule is CCC(C)CC(C)CCCCNC. The van der Waals surface area contributed by atoms with E-state index in [2.05, 4.69) is 26.1 Å². The maximum Gasteiger partial charge on any atom is -0.00519 e.